The van der Waals surface area contributed by atoms with Gasteiger partial charge in [0.25, 0.3) is 0 Å². The van der Waals surface area contributed by atoms with E-state index < -0.39 is 0 Å². The first kappa shape index (κ1) is 8.37. The maximum Gasteiger partial charge on any atom is 0.315 e. The molecule has 64 valence electrons. The highest BCUT2D eigenvalue weighted by atomic mass is 16.2. The average molecular weight is 156 g/mol. The molecule has 1 saturated carbocycles. The van der Waals surface area contributed by atoms with Crippen molar-refractivity contribution in [1.29, 1.82) is 0 Å². The lowest BCUT2D eigenvalue weighted by Crippen LogP contribution is -2.44. The normalized spacial score (nSPS) is 19.6. The van der Waals surface area contributed by atoms with E-state index >= 15 is 0 Å². The number of rotatable bonds is 2. The van der Waals surface area contributed by atoms with E-state index in [9.17, 15) is 4.79 Å². The van der Waals surface area contributed by atoms with E-state index in [2.05, 4.69) is 17.6 Å². The standard InChI is InChI=1S/C8H16N2O/c1-6(2)9-7(11)10-8(3)4-5-8/h6H,4-5H2,1-3H3,(H2,9,10,11). The number of carbonyl (C=O) groups is 1. The fraction of sp³-hybridized carbons (Fsp3) is 0.875. The molecule has 1 aliphatic carbocycles. The number of hydrogen-bond acceptors (Lipinski definition) is 1. The molecule has 0 spiro atoms. The van der Waals surface area contributed by atoms with Crippen LogP contribution < -0.4 is 10.6 Å². The van der Waals surface area contributed by atoms with Crippen LogP contribution in [0.2, 0.25) is 0 Å². The minimum absolute atomic E-state index is 0.0417. The van der Waals surface area contributed by atoms with Crippen LogP contribution in [-0.4, -0.2) is 17.6 Å². The zero-order valence-electron chi connectivity index (χ0n) is 7.40. The Hall–Kier alpha value is -0.730. The minimum atomic E-state index is -0.0417. The molecular formula is C8H16N2O. The van der Waals surface area contributed by atoms with Crippen molar-refractivity contribution in [3.05, 3.63) is 0 Å². The monoisotopic (exact) mass is 156 g/mol. The maximum absolute atomic E-state index is 11.1. The third-order valence-corrected chi connectivity index (χ3v) is 1.84. The molecule has 0 unspecified atom stereocenters. The van der Waals surface area contributed by atoms with Crippen molar-refractivity contribution >= 4 is 6.03 Å². The molecule has 0 atom stereocenters. The second kappa shape index (κ2) is 2.72. The molecule has 3 nitrogen and oxygen atoms in total. The summed E-state index contributed by atoms with van der Waals surface area (Å²) in [6, 6.07) is 0.178. The van der Waals surface area contributed by atoms with Crippen LogP contribution >= 0.6 is 0 Å². The second-order valence-electron chi connectivity index (χ2n) is 3.81. The number of hydrogen-bond donors (Lipinski definition) is 2. The van der Waals surface area contributed by atoms with Gasteiger partial charge >= 0.3 is 6.03 Å². The van der Waals surface area contributed by atoms with Gasteiger partial charge in [-0.15, -0.1) is 0 Å². The Balaban J connectivity index is 2.21. The van der Waals surface area contributed by atoms with Gasteiger partial charge in [0, 0.05) is 11.6 Å². The first-order valence-corrected chi connectivity index (χ1v) is 4.10. The van der Waals surface area contributed by atoms with E-state index in [1.54, 1.807) is 0 Å². The zero-order chi connectivity index (χ0) is 8.48. The molecular weight excluding hydrogens is 140 g/mol. The number of amides is 2. The van der Waals surface area contributed by atoms with E-state index in [4.69, 9.17) is 0 Å². The van der Waals surface area contributed by atoms with Crippen LogP contribution in [-0.2, 0) is 0 Å². The Kier molecular flexibility index (Phi) is 2.07. The summed E-state index contributed by atoms with van der Waals surface area (Å²) in [6.07, 6.45) is 2.22. The van der Waals surface area contributed by atoms with E-state index in [0.717, 1.165) is 12.8 Å². The predicted molar refractivity (Wildman–Crippen MR) is 44.4 cm³/mol. The van der Waals surface area contributed by atoms with Crippen molar-refractivity contribution in [2.24, 2.45) is 0 Å². The van der Waals surface area contributed by atoms with Crippen molar-refractivity contribution in [2.45, 2.75) is 45.2 Å². The molecule has 0 aliphatic heterocycles. The van der Waals surface area contributed by atoms with E-state index in [1.165, 1.54) is 0 Å². The van der Waals surface area contributed by atoms with Crippen molar-refractivity contribution in [3.8, 4) is 0 Å². The Labute approximate surface area is 67.5 Å². The van der Waals surface area contributed by atoms with E-state index in [-0.39, 0.29) is 17.6 Å². The number of carbonyl (C=O) groups excluding carboxylic acids is 1. The largest absolute Gasteiger partial charge is 0.336 e. The molecule has 0 heterocycles. The van der Waals surface area contributed by atoms with Crippen molar-refractivity contribution in [3.63, 3.8) is 0 Å². The average Bonchev–Trinajstić information content (AvgIpc) is 2.44. The molecule has 2 amide bonds. The van der Waals surface area contributed by atoms with Crippen LogP contribution in [0.25, 0.3) is 0 Å². The van der Waals surface area contributed by atoms with Gasteiger partial charge in [0.15, 0.2) is 0 Å². The van der Waals surface area contributed by atoms with Gasteiger partial charge in [-0.05, 0) is 33.6 Å². The SMILES string of the molecule is CC(C)NC(=O)NC1(C)CC1. The van der Waals surface area contributed by atoms with Crippen molar-refractivity contribution in [1.82, 2.24) is 10.6 Å². The van der Waals surface area contributed by atoms with Gasteiger partial charge in [0.1, 0.15) is 0 Å². The van der Waals surface area contributed by atoms with Crippen LogP contribution in [0.15, 0.2) is 0 Å². The lowest BCUT2D eigenvalue weighted by molar-refractivity contribution is 0.234. The van der Waals surface area contributed by atoms with Crippen LogP contribution in [0.3, 0.4) is 0 Å². The molecule has 1 fully saturated rings. The molecule has 0 aromatic rings. The Morgan fingerprint density at radius 3 is 2.36 bits per heavy atom. The summed E-state index contributed by atoms with van der Waals surface area (Å²) in [5, 5.41) is 5.70. The first-order valence-electron chi connectivity index (χ1n) is 4.10. The Morgan fingerprint density at radius 1 is 1.45 bits per heavy atom. The molecule has 0 radical (unpaired) electrons. The topological polar surface area (TPSA) is 41.1 Å². The van der Waals surface area contributed by atoms with Crippen molar-refractivity contribution < 1.29 is 4.79 Å². The van der Waals surface area contributed by atoms with Gasteiger partial charge in [0.2, 0.25) is 0 Å². The molecule has 0 saturated heterocycles. The molecule has 11 heavy (non-hydrogen) atoms. The molecule has 1 rings (SSSR count). The smallest absolute Gasteiger partial charge is 0.315 e. The highest BCUT2D eigenvalue weighted by Crippen LogP contribution is 2.33. The summed E-state index contributed by atoms with van der Waals surface area (Å²) in [4.78, 5) is 11.1. The summed E-state index contributed by atoms with van der Waals surface area (Å²) in [6.45, 7) is 5.97. The van der Waals surface area contributed by atoms with E-state index in [0.29, 0.717) is 0 Å². The fourth-order valence-electron chi connectivity index (χ4n) is 0.885. The second-order valence-corrected chi connectivity index (χ2v) is 3.81. The fourth-order valence-corrected chi connectivity index (χ4v) is 0.885. The lowest BCUT2D eigenvalue weighted by atomic mass is 10.3. The van der Waals surface area contributed by atoms with Gasteiger partial charge in [0.05, 0.1) is 0 Å². The van der Waals surface area contributed by atoms with Gasteiger partial charge in [-0.1, -0.05) is 0 Å². The molecule has 3 heteroatoms. The Bertz CT molecular complexity index is 161. The summed E-state index contributed by atoms with van der Waals surface area (Å²) in [5.74, 6) is 0. The third-order valence-electron chi connectivity index (χ3n) is 1.84. The number of nitrogens with one attached hydrogen (secondary N) is 2. The first-order chi connectivity index (χ1) is 5.02. The summed E-state index contributed by atoms with van der Waals surface area (Å²) in [5.41, 5.74) is 0.0962. The maximum atomic E-state index is 11.1. The highest BCUT2D eigenvalue weighted by molar-refractivity contribution is 5.75. The van der Waals surface area contributed by atoms with Gasteiger partial charge in [-0.3, -0.25) is 0 Å². The van der Waals surface area contributed by atoms with Gasteiger partial charge < -0.3 is 10.6 Å². The van der Waals surface area contributed by atoms with Gasteiger partial charge in [-0.2, -0.15) is 0 Å². The molecule has 2 N–H and O–H groups in total. The molecule has 1 aliphatic rings. The minimum Gasteiger partial charge on any atom is -0.336 e. The molecule has 0 bridgehead atoms. The highest BCUT2D eigenvalue weighted by Gasteiger charge is 2.38. The van der Waals surface area contributed by atoms with Crippen molar-refractivity contribution in [2.75, 3.05) is 0 Å². The lowest BCUT2D eigenvalue weighted by Gasteiger charge is -2.14. The van der Waals surface area contributed by atoms with Crippen LogP contribution in [0, 0.1) is 0 Å². The zero-order valence-corrected chi connectivity index (χ0v) is 7.40. The summed E-state index contributed by atoms with van der Waals surface area (Å²) < 4.78 is 0. The molecule has 0 aromatic heterocycles. The van der Waals surface area contributed by atoms with Crippen LogP contribution in [0.5, 0.6) is 0 Å². The quantitative estimate of drug-likeness (QED) is 0.620. The summed E-state index contributed by atoms with van der Waals surface area (Å²) in [7, 11) is 0. The predicted octanol–water partition coefficient (Wildman–Crippen LogP) is 1.25. The van der Waals surface area contributed by atoms with Gasteiger partial charge in [-0.25, -0.2) is 4.79 Å². The third kappa shape index (κ3) is 2.78. The Morgan fingerprint density at radius 2 is 2.00 bits per heavy atom. The van der Waals surface area contributed by atoms with Crippen LogP contribution in [0.4, 0.5) is 4.79 Å². The van der Waals surface area contributed by atoms with Crippen LogP contribution in [0.1, 0.15) is 33.6 Å². The molecule has 0 aromatic carbocycles. The summed E-state index contributed by atoms with van der Waals surface area (Å²) >= 11 is 0. The number of urea groups is 1. The van der Waals surface area contributed by atoms with E-state index in [1.807, 2.05) is 13.8 Å².